The van der Waals surface area contributed by atoms with Gasteiger partial charge in [-0.05, 0) is 31.2 Å². The molecule has 0 aliphatic rings. The van der Waals surface area contributed by atoms with Gasteiger partial charge in [-0.2, -0.15) is 0 Å². The molecule has 5 heteroatoms. The van der Waals surface area contributed by atoms with Crippen molar-refractivity contribution in [2.45, 2.75) is 13.5 Å². The number of amides is 1. The molecule has 0 fully saturated rings. The van der Waals surface area contributed by atoms with Gasteiger partial charge in [0.15, 0.2) is 0 Å². The summed E-state index contributed by atoms with van der Waals surface area (Å²) in [5.41, 5.74) is 3.30. The van der Waals surface area contributed by atoms with Gasteiger partial charge in [-0.1, -0.05) is 12.1 Å². The number of hydrogen-bond acceptors (Lipinski definition) is 3. The van der Waals surface area contributed by atoms with Crippen molar-refractivity contribution in [3.63, 3.8) is 0 Å². The van der Waals surface area contributed by atoms with Crippen molar-refractivity contribution in [1.82, 2.24) is 20.3 Å². The topological polar surface area (TPSA) is 70.7 Å². The van der Waals surface area contributed by atoms with Gasteiger partial charge in [0.2, 0.25) is 0 Å². The number of para-hydroxylation sites is 2. The maximum atomic E-state index is 12.0. The van der Waals surface area contributed by atoms with E-state index in [0.717, 1.165) is 22.6 Å². The van der Waals surface area contributed by atoms with E-state index >= 15 is 0 Å². The van der Waals surface area contributed by atoms with Gasteiger partial charge in [0, 0.05) is 11.9 Å². The minimum absolute atomic E-state index is 0.155. The maximum absolute atomic E-state index is 12.0. The molecule has 0 radical (unpaired) electrons. The highest BCUT2D eigenvalue weighted by molar-refractivity contribution is 5.93. The van der Waals surface area contributed by atoms with E-state index in [1.165, 1.54) is 0 Å². The van der Waals surface area contributed by atoms with Gasteiger partial charge < -0.3 is 10.3 Å². The van der Waals surface area contributed by atoms with Crippen LogP contribution in [0.1, 0.15) is 21.9 Å². The first-order chi connectivity index (χ1) is 9.72. The zero-order valence-corrected chi connectivity index (χ0v) is 11.1. The molecule has 0 atom stereocenters. The van der Waals surface area contributed by atoms with E-state index in [0.29, 0.717) is 12.1 Å². The molecular formula is C15H14N4O. The second-order valence-electron chi connectivity index (χ2n) is 4.57. The highest BCUT2D eigenvalue weighted by Gasteiger charge is 2.07. The summed E-state index contributed by atoms with van der Waals surface area (Å²) >= 11 is 0. The number of nitrogens with one attached hydrogen (secondary N) is 2. The summed E-state index contributed by atoms with van der Waals surface area (Å²) in [5.74, 6) is 0.581. The molecule has 0 bridgehead atoms. The minimum atomic E-state index is -0.155. The van der Waals surface area contributed by atoms with Crippen LogP contribution >= 0.6 is 0 Å². The number of carbonyl (C=O) groups is 1. The van der Waals surface area contributed by atoms with Gasteiger partial charge in [-0.3, -0.25) is 9.78 Å². The summed E-state index contributed by atoms with van der Waals surface area (Å²) in [5, 5.41) is 2.82. The Bertz CT molecular complexity index is 713. The number of pyridine rings is 1. The molecule has 5 nitrogen and oxygen atoms in total. The van der Waals surface area contributed by atoms with Crippen LogP contribution in [0, 0.1) is 6.92 Å². The molecule has 1 aromatic carbocycles. The standard InChI is InChI=1S/C15H14N4O/c1-10-6-7-11(8-16-10)15(20)17-9-14-18-12-4-2-3-5-13(12)19-14/h2-8H,9H2,1H3,(H,17,20)(H,18,19). The molecule has 2 heterocycles. The third kappa shape index (κ3) is 2.51. The van der Waals surface area contributed by atoms with Gasteiger partial charge in [-0.15, -0.1) is 0 Å². The van der Waals surface area contributed by atoms with Crippen molar-refractivity contribution >= 4 is 16.9 Å². The fourth-order valence-corrected chi connectivity index (χ4v) is 1.96. The van der Waals surface area contributed by atoms with Crippen LogP contribution in [0.4, 0.5) is 0 Å². The number of benzene rings is 1. The average molecular weight is 266 g/mol. The van der Waals surface area contributed by atoms with Gasteiger partial charge in [0.25, 0.3) is 5.91 Å². The minimum Gasteiger partial charge on any atom is -0.345 e. The zero-order chi connectivity index (χ0) is 13.9. The molecule has 3 aromatic rings. The Hall–Kier alpha value is -2.69. The number of rotatable bonds is 3. The smallest absolute Gasteiger partial charge is 0.253 e. The summed E-state index contributed by atoms with van der Waals surface area (Å²) in [6.45, 7) is 2.25. The largest absolute Gasteiger partial charge is 0.345 e. The van der Waals surface area contributed by atoms with E-state index in [4.69, 9.17) is 0 Å². The first-order valence-electron chi connectivity index (χ1n) is 6.37. The number of aromatic nitrogens is 3. The molecule has 0 saturated heterocycles. The number of H-pyrrole nitrogens is 1. The summed E-state index contributed by atoms with van der Waals surface area (Å²) in [6.07, 6.45) is 1.57. The molecule has 2 N–H and O–H groups in total. The van der Waals surface area contributed by atoms with Crippen molar-refractivity contribution in [3.8, 4) is 0 Å². The Morgan fingerprint density at radius 2 is 2.10 bits per heavy atom. The van der Waals surface area contributed by atoms with Gasteiger partial charge in [-0.25, -0.2) is 4.98 Å². The quantitative estimate of drug-likeness (QED) is 0.763. The first-order valence-corrected chi connectivity index (χ1v) is 6.37. The van der Waals surface area contributed by atoms with Gasteiger partial charge in [0.05, 0.1) is 23.1 Å². The molecule has 0 unspecified atom stereocenters. The fourth-order valence-electron chi connectivity index (χ4n) is 1.96. The molecule has 100 valence electrons. The van der Waals surface area contributed by atoms with Crippen LogP contribution in [-0.2, 0) is 6.54 Å². The van der Waals surface area contributed by atoms with E-state index < -0.39 is 0 Å². The second-order valence-corrected chi connectivity index (χ2v) is 4.57. The van der Waals surface area contributed by atoms with E-state index in [2.05, 4.69) is 20.3 Å². The predicted octanol–water partition coefficient (Wildman–Crippen LogP) is 2.20. The maximum Gasteiger partial charge on any atom is 0.253 e. The number of aryl methyl sites for hydroxylation is 1. The molecule has 2 aromatic heterocycles. The molecule has 20 heavy (non-hydrogen) atoms. The number of fused-ring (bicyclic) bond motifs is 1. The normalized spacial score (nSPS) is 10.7. The highest BCUT2D eigenvalue weighted by atomic mass is 16.1. The lowest BCUT2D eigenvalue weighted by Gasteiger charge is -2.03. The zero-order valence-electron chi connectivity index (χ0n) is 11.1. The molecule has 1 amide bonds. The number of imidazole rings is 1. The van der Waals surface area contributed by atoms with Crippen LogP contribution in [0.25, 0.3) is 11.0 Å². The third-order valence-corrected chi connectivity index (χ3v) is 3.03. The van der Waals surface area contributed by atoms with Gasteiger partial charge >= 0.3 is 0 Å². The molecule has 3 rings (SSSR count). The van der Waals surface area contributed by atoms with Crippen LogP contribution < -0.4 is 5.32 Å². The molecule has 0 spiro atoms. The summed E-state index contributed by atoms with van der Waals surface area (Å²) < 4.78 is 0. The summed E-state index contributed by atoms with van der Waals surface area (Å²) in [4.78, 5) is 23.6. The van der Waals surface area contributed by atoms with Crippen LogP contribution in [0.15, 0.2) is 42.6 Å². The highest BCUT2D eigenvalue weighted by Crippen LogP contribution is 2.10. The lowest BCUT2D eigenvalue weighted by atomic mass is 10.2. The van der Waals surface area contributed by atoms with Crippen molar-refractivity contribution < 1.29 is 4.79 Å². The number of hydrogen-bond donors (Lipinski definition) is 2. The van der Waals surface area contributed by atoms with Crippen LogP contribution in [0.2, 0.25) is 0 Å². The lowest BCUT2D eigenvalue weighted by molar-refractivity contribution is 0.0949. The Kier molecular flexibility index (Phi) is 3.16. The Morgan fingerprint density at radius 1 is 1.25 bits per heavy atom. The van der Waals surface area contributed by atoms with E-state index in [-0.39, 0.29) is 5.91 Å². The van der Waals surface area contributed by atoms with Crippen LogP contribution in [0.3, 0.4) is 0 Å². The Labute approximate surface area is 116 Å². The lowest BCUT2D eigenvalue weighted by Crippen LogP contribution is -2.23. The fraction of sp³-hybridized carbons (Fsp3) is 0.133. The van der Waals surface area contributed by atoms with Crippen LogP contribution in [-0.4, -0.2) is 20.9 Å². The molecule has 0 saturated carbocycles. The Balaban J connectivity index is 1.69. The average Bonchev–Trinajstić information content (AvgIpc) is 2.88. The first kappa shape index (κ1) is 12.3. The van der Waals surface area contributed by atoms with E-state index in [1.807, 2.05) is 37.3 Å². The third-order valence-electron chi connectivity index (χ3n) is 3.03. The van der Waals surface area contributed by atoms with Gasteiger partial charge in [0.1, 0.15) is 5.82 Å². The van der Waals surface area contributed by atoms with E-state index in [1.54, 1.807) is 12.3 Å². The van der Waals surface area contributed by atoms with E-state index in [9.17, 15) is 4.79 Å². The van der Waals surface area contributed by atoms with Crippen molar-refractivity contribution in [2.24, 2.45) is 0 Å². The number of nitrogens with zero attached hydrogens (tertiary/aromatic N) is 2. The molecular weight excluding hydrogens is 252 g/mol. The number of carbonyl (C=O) groups excluding carboxylic acids is 1. The Morgan fingerprint density at radius 3 is 2.85 bits per heavy atom. The number of aromatic amines is 1. The summed E-state index contributed by atoms with van der Waals surface area (Å²) in [6, 6.07) is 11.3. The molecule has 0 aliphatic carbocycles. The SMILES string of the molecule is Cc1ccc(C(=O)NCc2nc3ccccc3[nH]2)cn1. The summed E-state index contributed by atoms with van der Waals surface area (Å²) in [7, 11) is 0. The van der Waals surface area contributed by atoms with Crippen LogP contribution in [0.5, 0.6) is 0 Å². The van der Waals surface area contributed by atoms with Crippen molar-refractivity contribution in [2.75, 3.05) is 0 Å². The second kappa shape index (κ2) is 5.13. The van der Waals surface area contributed by atoms with Crippen molar-refractivity contribution in [1.29, 1.82) is 0 Å². The predicted molar refractivity (Wildman–Crippen MR) is 76.2 cm³/mol. The monoisotopic (exact) mass is 266 g/mol. The molecule has 0 aliphatic heterocycles. The van der Waals surface area contributed by atoms with Crippen molar-refractivity contribution in [3.05, 3.63) is 59.7 Å².